The monoisotopic (exact) mass is 178 g/mol. The van der Waals surface area contributed by atoms with E-state index in [-0.39, 0.29) is 0 Å². The quantitative estimate of drug-likeness (QED) is 0.564. The first-order valence-corrected chi connectivity index (χ1v) is 5.35. The molecule has 0 aromatic heterocycles. The molecule has 5 heteroatoms. The summed E-state index contributed by atoms with van der Waals surface area (Å²) >= 11 is 14.9. The van der Waals surface area contributed by atoms with Crippen molar-refractivity contribution < 1.29 is 4.57 Å². The minimum Gasteiger partial charge on any atom is -0.285 e. The van der Waals surface area contributed by atoms with Crippen molar-refractivity contribution in [2.24, 2.45) is 0 Å². The van der Waals surface area contributed by atoms with Crippen LogP contribution in [0.15, 0.2) is 11.4 Å². The molecule has 0 bridgehead atoms. The van der Waals surface area contributed by atoms with E-state index < -0.39 is 5.85 Å². The molecule has 0 aromatic rings. The number of hydrogen-bond donors (Lipinski definition) is 0. The molecule has 0 aliphatic heterocycles. The predicted octanol–water partition coefficient (Wildman–Crippen LogP) is 3.37. The molecule has 0 amide bonds. The Hall–Kier alpha value is 0.840. The highest BCUT2D eigenvalue weighted by atomic mass is 35.9. The van der Waals surface area contributed by atoms with Crippen molar-refractivity contribution in [2.45, 2.75) is 0 Å². The van der Waals surface area contributed by atoms with E-state index in [9.17, 15) is 4.57 Å². The fraction of sp³-hybridized carbons (Fsp3) is 0. The maximum absolute atomic E-state index is 10.2. The summed E-state index contributed by atoms with van der Waals surface area (Å²) in [7, 11) is 0. The van der Waals surface area contributed by atoms with Crippen molar-refractivity contribution in [2.75, 3.05) is 0 Å². The third-order valence-electron chi connectivity index (χ3n) is 0.230. The maximum Gasteiger partial charge on any atom is 0.275 e. The first kappa shape index (κ1) is 7.84. The zero-order valence-electron chi connectivity index (χ0n) is 3.14. The van der Waals surface area contributed by atoms with E-state index in [4.69, 9.17) is 34.1 Å². The molecule has 0 heterocycles. The molecule has 0 saturated carbocycles. The molecule has 1 nitrogen and oxygen atoms in total. The van der Waals surface area contributed by atoms with Gasteiger partial charge in [-0.05, 0) is 22.5 Å². The van der Waals surface area contributed by atoms with Crippen LogP contribution in [0, 0.1) is 0 Å². The van der Waals surface area contributed by atoms with Gasteiger partial charge in [0.1, 0.15) is 0 Å². The second kappa shape index (κ2) is 2.99. The molecule has 0 N–H and O–H groups in total. The van der Waals surface area contributed by atoms with Gasteiger partial charge in [0.05, 0.1) is 0 Å². The molecule has 42 valence electrons. The first-order valence-electron chi connectivity index (χ1n) is 1.33. The van der Waals surface area contributed by atoms with E-state index in [1.165, 1.54) is 0 Å². The molecule has 0 aromatic carbocycles. The van der Waals surface area contributed by atoms with E-state index in [2.05, 4.69) is 0 Å². The topological polar surface area (TPSA) is 17.1 Å². The normalized spacial score (nSPS) is 13.0. The molecular formula is C2H2Cl3OP. The van der Waals surface area contributed by atoms with Crippen LogP contribution < -0.4 is 0 Å². The molecular weight excluding hydrogens is 177 g/mol. The molecule has 7 heavy (non-hydrogen) atoms. The number of halogens is 3. The van der Waals surface area contributed by atoms with Gasteiger partial charge >= 0.3 is 0 Å². The third kappa shape index (κ3) is 6.84. The molecule has 0 atom stereocenters. The fourth-order valence-electron chi connectivity index (χ4n) is 0.0656. The average Bonchev–Trinajstić information content (AvgIpc) is 1.30. The van der Waals surface area contributed by atoms with Crippen LogP contribution in [0.5, 0.6) is 0 Å². The highest BCUT2D eigenvalue weighted by Gasteiger charge is 2.04. The van der Waals surface area contributed by atoms with E-state index in [1.807, 2.05) is 0 Å². The van der Waals surface area contributed by atoms with Crippen LogP contribution in [-0.4, -0.2) is 0 Å². The summed E-state index contributed by atoms with van der Waals surface area (Å²) in [5.41, 5.74) is 1.03. The van der Waals surface area contributed by atoms with Gasteiger partial charge in [-0.3, -0.25) is 4.57 Å². The highest BCUT2D eigenvalue weighted by Crippen LogP contribution is 2.58. The van der Waals surface area contributed by atoms with Gasteiger partial charge in [-0.15, -0.1) is 0 Å². The van der Waals surface area contributed by atoms with Crippen molar-refractivity contribution in [3.63, 3.8) is 0 Å². The number of rotatable bonds is 1. The van der Waals surface area contributed by atoms with Gasteiger partial charge in [0.15, 0.2) is 0 Å². The Morgan fingerprint density at radius 2 is 1.86 bits per heavy atom. The summed E-state index contributed by atoms with van der Waals surface area (Å²) in [4.78, 5) is 0. The summed E-state index contributed by atoms with van der Waals surface area (Å²) in [6.07, 6.45) is 0. The summed E-state index contributed by atoms with van der Waals surface area (Å²) in [6, 6.07) is 0. The molecule has 0 saturated heterocycles. The SMILES string of the molecule is O=P(Cl)(Cl)/C=C/Cl. The zero-order chi connectivity index (χ0) is 5.91. The van der Waals surface area contributed by atoms with Gasteiger partial charge in [-0.2, -0.15) is 0 Å². The van der Waals surface area contributed by atoms with E-state index >= 15 is 0 Å². The molecule has 0 aliphatic rings. The van der Waals surface area contributed by atoms with Gasteiger partial charge in [-0.1, -0.05) is 11.6 Å². The molecule has 0 spiro atoms. The molecule has 0 radical (unpaired) electrons. The third-order valence-corrected chi connectivity index (χ3v) is 1.70. The van der Waals surface area contributed by atoms with Gasteiger partial charge in [0, 0.05) is 11.4 Å². The van der Waals surface area contributed by atoms with Crippen molar-refractivity contribution in [3.05, 3.63) is 11.4 Å². The van der Waals surface area contributed by atoms with Crippen molar-refractivity contribution in [3.8, 4) is 0 Å². The lowest BCUT2D eigenvalue weighted by Crippen LogP contribution is -1.40. The smallest absolute Gasteiger partial charge is 0.275 e. The zero-order valence-corrected chi connectivity index (χ0v) is 6.31. The van der Waals surface area contributed by atoms with Crippen LogP contribution in [-0.2, 0) is 4.57 Å². The first-order chi connectivity index (χ1) is 3.06. The van der Waals surface area contributed by atoms with Gasteiger partial charge < -0.3 is 0 Å². The Morgan fingerprint density at radius 3 is 1.86 bits per heavy atom. The van der Waals surface area contributed by atoms with E-state index in [1.54, 1.807) is 0 Å². The van der Waals surface area contributed by atoms with Gasteiger partial charge in [-0.25, -0.2) is 0 Å². The van der Waals surface area contributed by atoms with Crippen LogP contribution in [0.1, 0.15) is 0 Å². The lowest BCUT2D eigenvalue weighted by Gasteiger charge is -1.84. The minimum absolute atomic E-state index is 1.03. The minimum atomic E-state index is -3.03. The van der Waals surface area contributed by atoms with Crippen molar-refractivity contribution in [1.29, 1.82) is 0 Å². The Bertz CT molecular complexity index is 114. The van der Waals surface area contributed by atoms with Crippen LogP contribution in [0.3, 0.4) is 0 Å². The summed E-state index contributed by atoms with van der Waals surface area (Å²) < 4.78 is 10.2. The standard InChI is InChI=1S/C2H2Cl3OP/c3-1-2-7(4,5)6/h1-2H/b2-1+. The Kier molecular flexibility index (Phi) is 3.34. The Balaban J connectivity index is 3.82. The molecule has 0 rings (SSSR count). The highest BCUT2D eigenvalue weighted by molar-refractivity contribution is 8.10. The second-order valence-corrected chi connectivity index (χ2v) is 5.87. The van der Waals surface area contributed by atoms with Crippen LogP contribution in [0.2, 0.25) is 0 Å². The Morgan fingerprint density at radius 1 is 1.43 bits per heavy atom. The Labute approximate surface area is 56.2 Å². The lowest BCUT2D eigenvalue weighted by atomic mass is 11.3. The summed E-state index contributed by atoms with van der Waals surface area (Å²) in [5.74, 6) is -1.99. The van der Waals surface area contributed by atoms with Crippen molar-refractivity contribution in [1.82, 2.24) is 0 Å². The van der Waals surface area contributed by atoms with Crippen LogP contribution in [0.4, 0.5) is 0 Å². The van der Waals surface area contributed by atoms with Gasteiger partial charge in [0.2, 0.25) is 0 Å². The fourth-order valence-corrected chi connectivity index (χ4v) is 1.36. The second-order valence-electron chi connectivity index (χ2n) is 0.778. The predicted molar refractivity (Wildman–Crippen MR) is 34.3 cm³/mol. The van der Waals surface area contributed by atoms with E-state index in [0.717, 1.165) is 11.4 Å². The number of hydrogen-bond acceptors (Lipinski definition) is 1. The average molecular weight is 179 g/mol. The molecule has 0 aliphatic carbocycles. The molecule has 0 unspecified atom stereocenters. The largest absolute Gasteiger partial charge is 0.285 e. The van der Waals surface area contributed by atoms with Crippen LogP contribution in [0.25, 0.3) is 0 Å². The van der Waals surface area contributed by atoms with E-state index in [0.29, 0.717) is 0 Å². The van der Waals surface area contributed by atoms with Gasteiger partial charge in [0.25, 0.3) is 5.85 Å². The maximum atomic E-state index is 10.2. The lowest BCUT2D eigenvalue weighted by molar-refractivity contribution is 0.597. The summed E-state index contributed by atoms with van der Waals surface area (Å²) in [6.45, 7) is 0. The summed E-state index contributed by atoms with van der Waals surface area (Å²) in [5, 5.41) is 0. The molecule has 0 fully saturated rings. The van der Waals surface area contributed by atoms with Crippen LogP contribution >= 0.6 is 39.9 Å². The van der Waals surface area contributed by atoms with Crippen molar-refractivity contribution >= 4 is 39.9 Å².